The van der Waals surface area contributed by atoms with Gasteiger partial charge in [0, 0.05) is 34.5 Å². The number of hydrogen-bond donors (Lipinski definition) is 0. The van der Waals surface area contributed by atoms with Crippen LogP contribution in [0.2, 0.25) is 0 Å². The minimum Gasteiger partial charge on any atom is -0.454 e. The van der Waals surface area contributed by atoms with Crippen molar-refractivity contribution in [1.82, 2.24) is 4.98 Å². The maximum atomic E-state index is 6.46. The standard InChI is InChI=1S/C37H24N2O/c1-2-7-25(8-3-1)26-15-17-29(18-16-26)39(35-12-6-11-33-34-24-38-22-21-36(34)40-37(33)35)30-19-20-32-28(23-30)14-13-27-9-4-5-10-31(27)32/h1-24H. The summed E-state index contributed by atoms with van der Waals surface area (Å²) in [6, 6.07) is 47.2. The lowest BCUT2D eigenvalue weighted by Gasteiger charge is -2.26. The van der Waals surface area contributed by atoms with Crippen LogP contribution in [0.1, 0.15) is 0 Å². The Morgan fingerprint density at radius 1 is 0.500 bits per heavy atom. The molecule has 0 radical (unpaired) electrons. The van der Waals surface area contributed by atoms with Crippen molar-refractivity contribution in [1.29, 1.82) is 0 Å². The van der Waals surface area contributed by atoms with Gasteiger partial charge in [0.1, 0.15) is 5.58 Å². The first-order valence-corrected chi connectivity index (χ1v) is 13.5. The average molecular weight is 513 g/mol. The zero-order chi connectivity index (χ0) is 26.5. The minimum atomic E-state index is 0.835. The molecule has 0 saturated carbocycles. The molecule has 188 valence electrons. The Labute approximate surface area is 231 Å². The summed E-state index contributed by atoms with van der Waals surface area (Å²) in [6.45, 7) is 0. The van der Waals surface area contributed by atoms with E-state index < -0.39 is 0 Å². The van der Waals surface area contributed by atoms with E-state index in [2.05, 4.69) is 131 Å². The number of para-hydroxylation sites is 1. The largest absolute Gasteiger partial charge is 0.454 e. The monoisotopic (exact) mass is 512 g/mol. The lowest BCUT2D eigenvalue weighted by atomic mass is 10.0. The summed E-state index contributed by atoms with van der Waals surface area (Å²) in [5.41, 5.74) is 7.18. The Kier molecular flexibility index (Phi) is 5.14. The Morgan fingerprint density at radius 2 is 1.23 bits per heavy atom. The van der Waals surface area contributed by atoms with E-state index in [0.717, 1.165) is 39.0 Å². The maximum Gasteiger partial charge on any atom is 0.159 e. The SMILES string of the molecule is c1ccc(-c2ccc(N(c3ccc4c(ccc5ccccc54)c3)c3cccc4c3oc3ccncc34)cc2)cc1. The number of aromatic nitrogens is 1. The molecule has 0 spiro atoms. The fourth-order valence-corrected chi connectivity index (χ4v) is 5.80. The van der Waals surface area contributed by atoms with Crippen LogP contribution >= 0.6 is 0 Å². The van der Waals surface area contributed by atoms with Gasteiger partial charge in [0.25, 0.3) is 0 Å². The van der Waals surface area contributed by atoms with Crippen molar-refractivity contribution in [3.05, 3.63) is 146 Å². The molecule has 0 amide bonds. The molecule has 0 aliphatic carbocycles. The van der Waals surface area contributed by atoms with Crippen LogP contribution in [-0.4, -0.2) is 4.98 Å². The number of furan rings is 1. The van der Waals surface area contributed by atoms with Crippen molar-refractivity contribution in [2.75, 3.05) is 4.90 Å². The highest BCUT2D eigenvalue weighted by molar-refractivity contribution is 6.11. The topological polar surface area (TPSA) is 29.3 Å². The van der Waals surface area contributed by atoms with E-state index in [-0.39, 0.29) is 0 Å². The summed E-state index contributed by atoms with van der Waals surface area (Å²) in [4.78, 5) is 6.64. The van der Waals surface area contributed by atoms with E-state index >= 15 is 0 Å². The van der Waals surface area contributed by atoms with Crippen molar-refractivity contribution < 1.29 is 4.42 Å². The van der Waals surface area contributed by atoms with Crippen LogP contribution in [0.15, 0.2) is 150 Å². The molecule has 3 nitrogen and oxygen atoms in total. The van der Waals surface area contributed by atoms with Gasteiger partial charge in [-0.15, -0.1) is 0 Å². The van der Waals surface area contributed by atoms with Gasteiger partial charge in [-0.25, -0.2) is 0 Å². The number of rotatable bonds is 4. The first-order chi connectivity index (χ1) is 19.8. The van der Waals surface area contributed by atoms with Gasteiger partial charge in [-0.3, -0.25) is 4.98 Å². The van der Waals surface area contributed by atoms with E-state index in [1.807, 2.05) is 18.3 Å². The molecule has 0 N–H and O–H groups in total. The number of nitrogens with zero attached hydrogens (tertiary/aromatic N) is 2. The second kappa shape index (κ2) is 9.11. The Bertz CT molecular complexity index is 2160. The van der Waals surface area contributed by atoms with Crippen LogP contribution in [0.5, 0.6) is 0 Å². The van der Waals surface area contributed by atoms with Crippen molar-refractivity contribution in [3.63, 3.8) is 0 Å². The number of pyridine rings is 1. The number of hydrogen-bond acceptors (Lipinski definition) is 3. The molecule has 8 aromatic rings. The van der Waals surface area contributed by atoms with E-state index in [9.17, 15) is 0 Å². The first kappa shape index (κ1) is 22.6. The number of fused-ring (bicyclic) bond motifs is 6. The molecule has 0 aliphatic rings. The normalized spacial score (nSPS) is 11.5. The predicted molar refractivity (Wildman–Crippen MR) is 167 cm³/mol. The Morgan fingerprint density at radius 3 is 2.12 bits per heavy atom. The van der Waals surface area contributed by atoms with Crippen molar-refractivity contribution in [3.8, 4) is 11.1 Å². The molecule has 0 fully saturated rings. The van der Waals surface area contributed by atoms with Crippen LogP contribution < -0.4 is 4.90 Å². The third-order valence-electron chi connectivity index (χ3n) is 7.74. The summed E-state index contributed by atoms with van der Waals surface area (Å²) in [5.74, 6) is 0. The molecule has 0 bridgehead atoms. The number of benzene rings is 6. The van der Waals surface area contributed by atoms with Gasteiger partial charge in [0.15, 0.2) is 5.58 Å². The zero-order valence-electron chi connectivity index (χ0n) is 21.7. The third-order valence-corrected chi connectivity index (χ3v) is 7.74. The summed E-state index contributed by atoms with van der Waals surface area (Å²) < 4.78 is 6.46. The molecule has 40 heavy (non-hydrogen) atoms. The van der Waals surface area contributed by atoms with Gasteiger partial charge in [-0.05, 0) is 69.1 Å². The molecule has 0 saturated heterocycles. The van der Waals surface area contributed by atoms with Gasteiger partial charge < -0.3 is 9.32 Å². The summed E-state index contributed by atoms with van der Waals surface area (Å²) >= 11 is 0. The fourth-order valence-electron chi connectivity index (χ4n) is 5.80. The van der Waals surface area contributed by atoms with Crippen LogP contribution in [0.4, 0.5) is 17.1 Å². The smallest absolute Gasteiger partial charge is 0.159 e. The lowest BCUT2D eigenvalue weighted by Crippen LogP contribution is -2.10. The highest BCUT2D eigenvalue weighted by Crippen LogP contribution is 2.43. The van der Waals surface area contributed by atoms with Crippen LogP contribution in [0.3, 0.4) is 0 Å². The van der Waals surface area contributed by atoms with Crippen LogP contribution in [0.25, 0.3) is 54.6 Å². The minimum absolute atomic E-state index is 0.835. The fraction of sp³-hybridized carbons (Fsp3) is 0. The average Bonchev–Trinajstić information content (AvgIpc) is 3.41. The molecule has 0 aliphatic heterocycles. The molecule has 2 heterocycles. The summed E-state index contributed by atoms with van der Waals surface area (Å²) in [6.07, 6.45) is 3.66. The van der Waals surface area contributed by atoms with Gasteiger partial charge in [-0.1, -0.05) is 97.1 Å². The van der Waals surface area contributed by atoms with Crippen molar-refractivity contribution in [2.24, 2.45) is 0 Å². The molecule has 2 aromatic heterocycles. The van der Waals surface area contributed by atoms with Gasteiger partial charge in [0.05, 0.1) is 5.69 Å². The third kappa shape index (κ3) is 3.63. The summed E-state index contributed by atoms with van der Waals surface area (Å²) in [5, 5.41) is 7.02. The van der Waals surface area contributed by atoms with Crippen molar-refractivity contribution >= 4 is 60.5 Å². The lowest BCUT2D eigenvalue weighted by molar-refractivity contribution is 0.668. The van der Waals surface area contributed by atoms with E-state index in [1.54, 1.807) is 6.20 Å². The van der Waals surface area contributed by atoms with Crippen LogP contribution in [-0.2, 0) is 0 Å². The quantitative estimate of drug-likeness (QED) is 0.220. The van der Waals surface area contributed by atoms with Crippen LogP contribution in [0, 0.1) is 0 Å². The molecular weight excluding hydrogens is 488 g/mol. The van der Waals surface area contributed by atoms with Crippen molar-refractivity contribution in [2.45, 2.75) is 0 Å². The summed E-state index contributed by atoms with van der Waals surface area (Å²) in [7, 11) is 0. The highest BCUT2D eigenvalue weighted by atomic mass is 16.3. The Balaban J connectivity index is 1.35. The second-order valence-electron chi connectivity index (χ2n) is 10.1. The predicted octanol–water partition coefficient (Wildman–Crippen LogP) is 10.4. The number of anilines is 3. The van der Waals surface area contributed by atoms with Gasteiger partial charge in [-0.2, -0.15) is 0 Å². The highest BCUT2D eigenvalue weighted by Gasteiger charge is 2.20. The van der Waals surface area contributed by atoms with E-state index in [4.69, 9.17) is 4.42 Å². The van der Waals surface area contributed by atoms with Gasteiger partial charge >= 0.3 is 0 Å². The first-order valence-electron chi connectivity index (χ1n) is 13.5. The maximum absolute atomic E-state index is 6.46. The zero-order valence-corrected chi connectivity index (χ0v) is 21.7. The molecule has 8 rings (SSSR count). The van der Waals surface area contributed by atoms with E-state index in [0.29, 0.717) is 0 Å². The molecule has 0 unspecified atom stereocenters. The molecule has 0 atom stereocenters. The molecule has 3 heteroatoms. The van der Waals surface area contributed by atoms with Gasteiger partial charge in [0.2, 0.25) is 0 Å². The Hall–Kier alpha value is -5.41. The molecule has 6 aromatic carbocycles. The second-order valence-corrected chi connectivity index (χ2v) is 10.1. The molecular formula is C37H24N2O. The van der Waals surface area contributed by atoms with E-state index in [1.165, 1.54) is 32.7 Å².